The van der Waals surface area contributed by atoms with Crippen molar-refractivity contribution in [1.29, 1.82) is 0 Å². The van der Waals surface area contributed by atoms with Crippen molar-refractivity contribution in [3.05, 3.63) is 71.5 Å². The number of nitrogens with one attached hydrogen (secondary N) is 1. The second kappa shape index (κ2) is 5.59. The first-order valence-electron chi connectivity index (χ1n) is 6.43. The van der Waals surface area contributed by atoms with Gasteiger partial charge in [0.2, 0.25) is 0 Å². The molecule has 0 saturated carbocycles. The van der Waals surface area contributed by atoms with Crippen molar-refractivity contribution in [2.24, 2.45) is 0 Å². The molecule has 0 aliphatic heterocycles. The highest BCUT2D eigenvalue weighted by molar-refractivity contribution is 7.92. The Bertz CT molecular complexity index is 952. The topological polar surface area (TPSA) is 46.2 Å². The van der Waals surface area contributed by atoms with Crippen LogP contribution in [0.3, 0.4) is 0 Å². The maximum Gasteiger partial charge on any atom is 0.261 e. The van der Waals surface area contributed by atoms with E-state index in [0.29, 0.717) is 5.69 Å². The number of rotatable bonds is 3. The number of anilines is 1. The highest BCUT2D eigenvalue weighted by atomic mass is 35.5. The largest absolute Gasteiger partial charge is 0.279 e. The van der Waals surface area contributed by atoms with Crippen LogP contribution >= 0.6 is 11.6 Å². The summed E-state index contributed by atoms with van der Waals surface area (Å²) in [5, 5.41) is 1.46. The molecule has 3 rings (SSSR count). The van der Waals surface area contributed by atoms with Crippen molar-refractivity contribution in [3.63, 3.8) is 0 Å². The maximum atomic E-state index is 13.2. The van der Waals surface area contributed by atoms with Gasteiger partial charge in [-0.2, -0.15) is 0 Å². The second-order valence-electron chi connectivity index (χ2n) is 4.71. The Kier molecular flexibility index (Phi) is 3.76. The van der Waals surface area contributed by atoms with E-state index in [-0.39, 0.29) is 9.92 Å². The Hall–Kier alpha value is -2.11. The van der Waals surface area contributed by atoms with Gasteiger partial charge in [-0.05, 0) is 29.7 Å². The highest BCUT2D eigenvalue weighted by Crippen LogP contribution is 2.26. The molecular formula is C16H11ClFNO2S. The van der Waals surface area contributed by atoms with Crippen LogP contribution in [-0.2, 0) is 10.0 Å². The molecule has 3 aromatic rings. The van der Waals surface area contributed by atoms with Gasteiger partial charge in [0.05, 0.1) is 15.6 Å². The first kappa shape index (κ1) is 14.8. The third kappa shape index (κ3) is 2.77. The Balaban J connectivity index is 2.05. The van der Waals surface area contributed by atoms with Crippen molar-refractivity contribution in [2.45, 2.75) is 4.90 Å². The Labute approximate surface area is 132 Å². The van der Waals surface area contributed by atoms with Gasteiger partial charge in [-0.25, -0.2) is 12.8 Å². The van der Waals surface area contributed by atoms with Crippen LogP contribution in [0.4, 0.5) is 10.1 Å². The molecule has 0 fully saturated rings. The minimum Gasteiger partial charge on any atom is -0.279 e. The van der Waals surface area contributed by atoms with E-state index >= 15 is 0 Å². The fraction of sp³-hybridized carbons (Fsp3) is 0. The number of hydrogen-bond acceptors (Lipinski definition) is 2. The van der Waals surface area contributed by atoms with E-state index in [1.165, 1.54) is 6.07 Å². The number of hydrogen-bond donors (Lipinski definition) is 1. The Morgan fingerprint density at radius 3 is 2.45 bits per heavy atom. The van der Waals surface area contributed by atoms with Crippen LogP contribution < -0.4 is 4.72 Å². The predicted molar refractivity (Wildman–Crippen MR) is 86.2 cm³/mol. The molecule has 112 valence electrons. The minimum absolute atomic E-state index is 0.0909. The number of benzene rings is 3. The van der Waals surface area contributed by atoms with Crippen LogP contribution in [0.2, 0.25) is 5.02 Å². The van der Waals surface area contributed by atoms with Crippen LogP contribution in [0.1, 0.15) is 0 Å². The summed E-state index contributed by atoms with van der Waals surface area (Å²) in [4.78, 5) is -0.0909. The molecule has 0 atom stereocenters. The molecular weight excluding hydrogens is 325 g/mol. The summed E-state index contributed by atoms with van der Waals surface area (Å²) in [6.07, 6.45) is 0. The van der Waals surface area contributed by atoms with Crippen LogP contribution in [0.5, 0.6) is 0 Å². The fourth-order valence-electron chi connectivity index (χ4n) is 2.16. The third-order valence-electron chi connectivity index (χ3n) is 3.24. The highest BCUT2D eigenvalue weighted by Gasteiger charge is 2.17. The zero-order valence-corrected chi connectivity index (χ0v) is 12.8. The van der Waals surface area contributed by atoms with Gasteiger partial charge in [0.15, 0.2) is 0 Å². The zero-order valence-electron chi connectivity index (χ0n) is 11.3. The van der Waals surface area contributed by atoms with E-state index in [1.807, 2.05) is 30.3 Å². The summed E-state index contributed by atoms with van der Waals surface area (Å²) in [6.45, 7) is 0. The van der Waals surface area contributed by atoms with E-state index in [9.17, 15) is 12.8 Å². The van der Waals surface area contributed by atoms with Crippen LogP contribution in [0.25, 0.3) is 10.8 Å². The molecule has 0 radical (unpaired) electrons. The van der Waals surface area contributed by atoms with Crippen molar-refractivity contribution in [2.75, 3.05) is 4.72 Å². The van der Waals surface area contributed by atoms with E-state index in [4.69, 9.17) is 11.6 Å². The molecule has 0 spiro atoms. The van der Waals surface area contributed by atoms with Crippen molar-refractivity contribution in [1.82, 2.24) is 0 Å². The van der Waals surface area contributed by atoms with Gasteiger partial charge in [0, 0.05) is 5.39 Å². The van der Waals surface area contributed by atoms with Gasteiger partial charge in [-0.15, -0.1) is 0 Å². The van der Waals surface area contributed by atoms with E-state index in [2.05, 4.69) is 4.72 Å². The second-order valence-corrected chi connectivity index (χ2v) is 6.80. The summed E-state index contributed by atoms with van der Waals surface area (Å²) in [6, 6.07) is 16.0. The molecule has 6 heteroatoms. The molecule has 22 heavy (non-hydrogen) atoms. The van der Waals surface area contributed by atoms with Crippen molar-refractivity contribution >= 4 is 38.1 Å². The van der Waals surface area contributed by atoms with E-state index < -0.39 is 15.8 Å². The average Bonchev–Trinajstić information content (AvgIpc) is 2.50. The number of halogens is 2. The van der Waals surface area contributed by atoms with Gasteiger partial charge in [-0.3, -0.25) is 4.72 Å². The normalized spacial score (nSPS) is 11.5. The molecule has 3 aromatic carbocycles. The van der Waals surface area contributed by atoms with Gasteiger partial charge >= 0.3 is 0 Å². The minimum atomic E-state index is -3.85. The standard InChI is InChI=1S/C16H11ClFNO2S/c17-14-10-12(8-9-15(14)18)22(20,21)19-16-7-3-5-11-4-1-2-6-13(11)16/h1-10,19H. The molecule has 0 bridgehead atoms. The molecule has 0 aliphatic rings. The van der Waals surface area contributed by atoms with Crippen LogP contribution in [0.15, 0.2) is 65.6 Å². The number of sulfonamides is 1. The summed E-state index contributed by atoms with van der Waals surface area (Å²) in [7, 11) is -3.85. The maximum absolute atomic E-state index is 13.2. The molecule has 0 heterocycles. The van der Waals surface area contributed by atoms with Gasteiger partial charge < -0.3 is 0 Å². The van der Waals surface area contributed by atoms with E-state index in [1.54, 1.807) is 12.1 Å². The number of fused-ring (bicyclic) bond motifs is 1. The molecule has 0 aromatic heterocycles. The smallest absolute Gasteiger partial charge is 0.261 e. The molecule has 0 aliphatic carbocycles. The van der Waals surface area contributed by atoms with Crippen LogP contribution in [0, 0.1) is 5.82 Å². The lowest BCUT2D eigenvalue weighted by atomic mass is 10.1. The first-order chi connectivity index (χ1) is 10.5. The van der Waals surface area contributed by atoms with Crippen molar-refractivity contribution in [3.8, 4) is 0 Å². The monoisotopic (exact) mass is 335 g/mol. The molecule has 0 unspecified atom stereocenters. The van der Waals surface area contributed by atoms with Crippen molar-refractivity contribution < 1.29 is 12.8 Å². The molecule has 1 N–H and O–H groups in total. The quantitative estimate of drug-likeness (QED) is 0.769. The molecule has 0 saturated heterocycles. The SMILES string of the molecule is O=S(=O)(Nc1cccc2ccccc12)c1ccc(F)c(Cl)c1. The summed E-state index contributed by atoms with van der Waals surface area (Å²) < 4.78 is 40.5. The summed E-state index contributed by atoms with van der Waals surface area (Å²) >= 11 is 5.65. The lowest BCUT2D eigenvalue weighted by Crippen LogP contribution is -2.13. The third-order valence-corrected chi connectivity index (χ3v) is 4.89. The fourth-order valence-corrected chi connectivity index (χ4v) is 3.51. The average molecular weight is 336 g/mol. The van der Waals surface area contributed by atoms with E-state index in [0.717, 1.165) is 22.9 Å². The Morgan fingerprint density at radius 2 is 1.68 bits per heavy atom. The predicted octanol–water partition coefficient (Wildman–Crippen LogP) is 4.43. The van der Waals surface area contributed by atoms with Gasteiger partial charge in [-0.1, -0.05) is 48.0 Å². The first-order valence-corrected chi connectivity index (χ1v) is 8.29. The zero-order chi connectivity index (χ0) is 15.7. The molecule has 0 amide bonds. The summed E-state index contributed by atoms with van der Waals surface area (Å²) in [5.74, 6) is -0.661. The summed E-state index contributed by atoms with van der Waals surface area (Å²) in [5.41, 5.74) is 0.457. The Morgan fingerprint density at radius 1 is 0.955 bits per heavy atom. The van der Waals surface area contributed by atoms with Crippen LogP contribution in [-0.4, -0.2) is 8.42 Å². The lowest BCUT2D eigenvalue weighted by molar-refractivity contribution is 0.600. The molecule has 3 nitrogen and oxygen atoms in total. The lowest BCUT2D eigenvalue weighted by Gasteiger charge is -2.11. The van der Waals surface area contributed by atoms with Gasteiger partial charge in [0.1, 0.15) is 5.82 Å². The van der Waals surface area contributed by atoms with Gasteiger partial charge in [0.25, 0.3) is 10.0 Å².